The van der Waals surface area contributed by atoms with Crippen LogP contribution in [-0.4, -0.2) is 20.3 Å². The fraction of sp³-hybridized carbons (Fsp3) is 0.118. The Hall–Kier alpha value is -2.67. The third-order valence-corrected chi connectivity index (χ3v) is 3.98. The smallest absolute Gasteiger partial charge is 0.248 e. The number of fused-ring (bicyclic) bond motifs is 1. The molecule has 0 aliphatic heterocycles. The van der Waals surface area contributed by atoms with Crippen LogP contribution in [0.15, 0.2) is 47.8 Å². The van der Waals surface area contributed by atoms with E-state index >= 15 is 0 Å². The van der Waals surface area contributed by atoms with E-state index in [9.17, 15) is 4.79 Å². The van der Waals surface area contributed by atoms with Crippen LogP contribution in [0.25, 0.3) is 11.2 Å². The number of halogens is 1. The molecule has 3 rings (SSSR count). The second kappa shape index (κ2) is 6.45. The van der Waals surface area contributed by atoms with Gasteiger partial charge in [0.2, 0.25) is 5.91 Å². The van der Waals surface area contributed by atoms with Gasteiger partial charge in [-0.2, -0.15) is 0 Å². The number of anilines is 1. The van der Waals surface area contributed by atoms with Crippen molar-refractivity contribution in [1.29, 1.82) is 0 Å². The number of carbonyl (C=O) groups is 1. The molecule has 3 aromatic rings. The first-order chi connectivity index (χ1) is 11.5. The second-order valence-corrected chi connectivity index (χ2v) is 6.26. The first-order valence-electron chi connectivity index (χ1n) is 7.28. The van der Waals surface area contributed by atoms with Gasteiger partial charge in [0.1, 0.15) is 4.60 Å². The predicted octanol–water partition coefficient (Wildman–Crippen LogP) is 3.24. The fourth-order valence-corrected chi connectivity index (χ4v) is 2.75. The molecule has 0 atom stereocenters. The van der Waals surface area contributed by atoms with Crippen molar-refractivity contribution in [1.82, 2.24) is 14.4 Å². The first kappa shape index (κ1) is 16.2. The summed E-state index contributed by atoms with van der Waals surface area (Å²) in [5, 5.41) is 3.28. The van der Waals surface area contributed by atoms with Gasteiger partial charge in [0.25, 0.3) is 0 Å². The normalized spacial score (nSPS) is 10.8. The number of nitrogens with two attached hydrogens (primary N) is 1. The Morgan fingerprint density at radius 2 is 2.08 bits per heavy atom. The molecule has 0 aliphatic rings. The Balaban J connectivity index is 1.87. The Labute approximate surface area is 147 Å². The van der Waals surface area contributed by atoms with Crippen LogP contribution in [0.3, 0.4) is 0 Å². The van der Waals surface area contributed by atoms with Gasteiger partial charge in [0.15, 0.2) is 11.5 Å². The van der Waals surface area contributed by atoms with E-state index in [1.54, 1.807) is 18.3 Å². The zero-order valence-electron chi connectivity index (χ0n) is 13.1. The second-order valence-electron chi connectivity index (χ2n) is 5.44. The highest BCUT2D eigenvalue weighted by Crippen LogP contribution is 2.22. The minimum atomic E-state index is -0.436. The van der Waals surface area contributed by atoms with Crippen molar-refractivity contribution in [2.45, 2.75) is 13.5 Å². The highest BCUT2D eigenvalue weighted by Gasteiger charge is 2.11. The fourth-order valence-electron chi connectivity index (χ4n) is 2.37. The molecule has 0 unspecified atom stereocenters. The molecular formula is C17H16BrN5O. The summed E-state index contributed by atoms with van der Waals surface area (Å²) in [6, 6.07) is 7.12. The summed E-state index contributed by atoms with van der Waals surface area (Å²) in [6.07, 6.45) is 3.64. The van der Waals surface area contributed by atoms with Gasteiger partial charge in [-0.05, 0) is 46.1 Å². The lowest BCUT2D eigenvalue weighted by atomic mass is 10.1. The van der Waals surface area contributed by atoms with Gasteiger partial charge in [-0.15, -0.1) is 0 Å². The minimum absolute atomic E-state index is 0.436. The number of hydrogen-bond acceptors (Lipinski definition) is 4. The lowest BCUT2D eigenvalue weighted by molar-refractivity contribution is 0.100. The van der Waals surface area contributed by atoms with Gasteiger partial charge in [-0.1, -0.05) is 18.7 Å². The van der Waals surface area contributed by atoms with Crippen molar-refractivity contribution in [2.75, 3.05) is 5.32 Å². The molecule has 0 fully saturated rings. The number of aromatic nitrogens is 3. The number of primary amides is 1. The molecular weight excluding hydrogens is 370 g/mol. The van der Waals surface area contributed by atoms with Crippen molar-refractivity contribution >= 4 is 38.9 Å². The van der Waals surface area contributed by atoms with Gasteiger partial charge >= 0.3 is 0 Å². The quantitative estimate of drug-likeness (QED) is 0.705. The lowest BCUT2D eigenvalue weighted by Crippen LogP contribution is -2.11. The van der Waals surface area contributed by atoms with E-state index in [1.165, 1.54) is 0 Å². The zero-order chi connectivity index (χ0) is 17.3. The van der Waals surface area contributed by atoms with Crippen LogP contribution in [-0.2, 0) is 6.54 Å². The Morgan fingerprint density at radius 3 is 2.71 bits per heavy atom. The predicted molar refractivity (Wildman–Crippen MR) is 97.7 cm³/mol. The largest absolute Gasteiger partial charge is 0.366 e. The molecule has 0 bridgehead atoms. The molecule has 0 saturated heterocycles. The number of benzene rings is 1. The van der Waals surface area contributed by atoms with Crippen molar-refractivity contribution in [3.63, 3.8) is 0 Å². The Bertz CT molecular complexity index is 930. The van der Waals surface area contributed by atoms with Crippen LogP contribution >= 0.6 is 15.9 Å². The van der Waals surface area contributed by atoms with Crippen molar-refractivity contribution in [3.8, 4) is 0 Å². The zero-order valence-corrected chi connectivity index (χ0v) is 14.7. The number of carbonyl (C=O) groups excluding carboxylic acids is 1. The number of nitrogens with zero attached hydrogens (tertiary/aromatic N) is 3. The maximum Gasteiger partial charge on any atom is 0.248 e. The highest BCUT2D eigenvalue weighted by molar-refractivity contribution is 9.10. The third-order valence-electron chi connectivity index (χ3n) is 3.60. The number of rotatable bonds is 5. The summed E-state index contributed by atoms with van der Waals surface area (Å²) in [7, 11) is 0. The topological polar surface area (TPSA) is 85.3 Å². The van der Waals surface area contributed by atoms with E-state index in [4.69, 9.17) is 5.73 Å². The van der Waals surface area contributed by atoms with E-state index in [0.717, 1.165) is 22.5 Å². The number of allylic oxidation sites excluding steroid dienone is 1. The molecule has 0 radical (unpaired) electrons. The van der Waals surface area contributed by atoms with Crippen LogP contribution < -0.4 is 11.1 Å². The molecule has 2 aromatic heterocycles. The molecule has 3 N–H and O–H groups in total. The van der Waals surface area contributed by atoms with Crippen molar-refractivity contribution in [2.24, 2.45) is 5.73 Å². The molecule has 24 heavy (non-hydrogen) atoms. The van der Waals surface area contributed by atoms with Crippen LogP contribution in [0, 0.1) is 0 Å². The molecule has 0 aliphatic carbocycles. The molecule has 2 heterocycles. The van der Waals surface area contributed by atoms with E-state index in [0.29, 0.717) is 22.5 Å². The summed E-state index contributed by atoms with van der Waals surface area (Å²) >= 11 is 3.42. The maximum atomic E-state index is 11.1. The molecule has 6 nitrogen and oxygen atoms in total. The maximum absolute atomic E-state index is 11.1. The third kappa shape index (κ3) is 3.16. The van der Waals surface area contributed by atoms with E-state index in [-0.39, 0.29) is 0 Å². The summed E-state index contributed by atoms with van der Waals surface area (Å²) in [5.74, 6) is 0.227. The molecule has 1 aromatic carbocycles. The molecule has 0 saturated carbocycles. The number of nitrogens with one attached hydrogen (secondary N) is 1. The standard InChI is InChI=1S/C17H16BrN5O/c1-10(2)13-8-21-17-16(22-14(18)9-23(13)17)20-7-11-3-5-12(6-4-11)15(19)24/h3-6,8-9H,1,7H2,2H3,(H2,19,24)(H,20,22). The highest BCUT2D eigenvalue weighted by atomic mass is 79.9. The Morgan fingerprint density at radius 1 is 1.38 bits per heavy atom. The summed E-state index contributed by atoms with van der Waals surface area (Å²) < 4.78 is 2.64. The molecule has 122 valence electrons. The van der Waals surface area contributed by atoms with Gasteiger partial charge < -0.3 is 11.1 Å². The van der Waals surface area contributed by atoms with Crippen LogP contribution in [0.4, 0.5) is 5.82 Å². The van der Waals surface area contributed by atoms with Gasteiger partial charge in [-0.25, -0.2) is 9.97 Å². The molecule has 7 heteroatoms. The van der Waals surface area contributed by atoms with Crippen molar-refractivity contribution < 1.29 is 4.79 Å². The lowest BCUT2D eigenvalue weighted by Gasteiger charge is -2.09. The number of imidazole rings is 1. The average Bonchev–Trinajstić information content (AvgIpc) is 2.96. The SMILES string of the molecule is C=C(C)c1cnc2c(NCc3ccc(C(N)=O)cc3)nc(Br)cn12. The monoisotopic (exact) mass is 385 g/mol. The summed E-state index contributed by atoms with van der Waals surface area (Å²) in [5.41, 5.74) is 9.32. The van der Waals surface area contributed by atoms with Crippen LogP contribution in [0.1, 0.15) is 28.5 Å². The van der Waals surface area contributed by atoms with Gasteiger partial charge in [0, 0.05) is 18.3 Å². The number of amides is 1. The van der Waals surface area contributed by atoms with E-state index in [1.807, 2.05) is 29.7 Å². The minimum Gasteiger partial charge on any atom is -0.366 e. The molecule has 1 amide bonds. The van der Waals surface area contributed by atoms with E-state index < -0.39 is 5.91 Å². The summed E-state index contributed by atoms with van der Waals surface area (Å²) in [4.78, 5) is 20.0. The van der Waals surface area contributed by atoms with Gasteiger partial charge in [0.05, 0.1) is 11.9 Å². The van der Waals surface area contributed by atoms with Gasteiger partial charge in [-0.3, -0.25) is 9.20 Å². The Kier molecular flexibility index (Phi) is 4.35. The first-order valence-corrected chi connectivity index (χ1v) is 8.07. The van der Waals surface area contributed by atoms with Crippen molar-refractivity contribution in [3.05, 3.63) is 64.7 Å². The summed E-state index contributed by atoms with van der Waals surface area (Å²) in [6.45, 7) is 6.45. The van der Waals surface area contributed by atoms with E-state index in [2.05, 4.69) is 37.8 Å². The van der Waals surface area contributed by atoms with Crippen LogP contribution in [0.2, 0.25) is 0 Å². The molecule has 0 spiro atoms. The average molecular weight is 386 g/mol. The van der Waals surface area contributed by atoms with Crippen LogP contribution in [0.5, 0.6) is 0 Å². The number of hydrogen-bond donors (Lipinski definition) is 2.